The van der Waals surface area contributed by atoms with Crippen LogP contribution in [0.3, 0.4) is 0 Å². The van der Waals surface area contributed by atoms with Crippen LogP contribution in [0.1, 0.15) is 81.9 Å². The van der Waals surface area contributed by atoms with E-state index in [1.807, 2.05) is 55.1 Å². The largest absolute Gasteiger partial charge is 0.334 e. The van der Waals surface area contributed by atoms with E-state index < -0.39 is 0 Å². The molecule has 0 N–H and O–H groups in total. The Hall–Kier alpha value is -3.66. The summed E-state index contributed by atoms with van der Waals surface area (Å²) in [6, 6.07) is 21.7. The molecule has 0 radical (unpaired) electrons. The topological polar surface area (TPSA) is 35.6 Å². The first kappa shape index (κ1) is 29.6. The molecule has 4 nitrogen and oxygen atoms in total. The maximum Gasteiger partial charge on any atom is 0.0986 e. The van der Waals surface area contributed by atoms with Gasteiger partial charge in [-0.1, -0.05) is 113 Å². The van der Waals surface area contributed by atoms with Crippen molar-refractivity contribution in [1.29, 1.82) is 0 Å². The Morgan fingerprint density at radius 3 is 1.89 bits per heavy atom. The highest BCUT2D eigenvalue weighted by Crippen LogP contribution is 2.29. The molecule has 4 aromatic rings. The van der Waals surface area contributed by atoms with E-state index in [-0.39, 0.29) is 0 Å². The molecule has 0 saturated carbocycles. The van der Waals surface area contributed by atoms with Crippen LogP contribution in [0.25, 0.3) is 12.3 Å². The number of benzene rings is 2. The Labute approximate surface area is 224 Å². The lowest BCUT2D eigenvalue weighted by Gasteiger charge is -2.21. The van der Waals surface area contributed by atoms with Crippen LogP contribution in [-0.4, -0.2) is 19.1 Å². The SMILES string of the molecule is C=Cc1ccccc1.C=Cn1ccnc1.CCCC(CCCC(CCC)n1ccnc1)c1ccccc1. The molecule has 0 spiro atoms. The molecule has 2 aromatic heterocycles. The van der Waals surface area contributed by atoms with Crippen LogP contribution in [0.4, 0.5) is 0 Å². The van der Waals surface area contributed by atoms with Gasteiger partial charge in [0.15, 0.2) is 0 Å². The van der Waals surface area contributed by atoms with E-state index in [2.05, 4.69) is 78.1 Å². The Morgan fingerprint density at radius 1 is 0.757 bits per heavy atom. The summed E-state index contributed by atoms with van der Waals surface area (Å²) in [5, 5.41) is 0. The van der Waals surface area contributed by atoms with Gasteiger partial charge in [-0.3, -0.25) is 0 Å². The van der Waals surface area contributed by atoms with Gasteiger partial charge in [-0.05, 0) is 42.7 Å². The Bertz CT molecular complexity index is 1050. The summed E-state index contributed by atoms with van der Waals surface area (Å²) in [6.45, 7) is 11.7. The maximum atomic E-state index is 4.21. The van der Waals surface area contributed by atoms with E-state index in [0.717, 1.165) is 5.92 Å². The summed E-state index contributed by atoms with van der Waals surface area (Å²) < 4.78 is 4.07. The lowest BCUT2D eigenvalue weighted by molar-refractivity contribution is 0.399. The first-order valence-corrected chi connectivity index (χ1v) is 13.5. The van der Waals surface area contributed by atoms with Gasteiger partial charge >= 0.3 is 0 Å². The second-order valence-electron chi connectivity index (χ2n) is 9.09. The van der Waals surface area contributed by atoms with Gasteiger partial charge in [0.05, 0.1) is 12.7 Å². The minimum Gasteiger partial charge on any atom is -0.334 e. The van der Waals surface area contributed by atoms with Gasteiger partial charge in [0, 0.05) is 37.0 Å². The highest BCUT2D eigenvalue weighted by atomic mass is 15.0. The van der Waals surface area contributed by atoms with Crippen LogP contribution in [0.15, 0.2) is 111 Å². The molecule has 0 amide bonds. The van der Waals surface area contributed by atoms with E-state index in [4.69, 9.17) is 0 Å². The molecule has 2 atom stereocenters. The minimum absolute atomic E-state index is 0.616. The van der Waals surface area contributed by atoms with Crippen molar-refractivity contribution < 1.29 is 0 Å². The van der Waals surface area contributed by atoms with Crippen LogP contribution in [0.5, 0.6) is 0 Å². The Morgan fingerprint density at radius 2 is 1.41 bits per heavy atom. The standard InChI is InChI=1S/C20H30N2.C8H8.C5H6N2/c1-3-9-18(19-11-6-5-7-12-19)13-8-14-20(10-4-2)22-16-15-21-17-22;1-2-8-6-4-3-5-7-8;1-2-7-4-3-6-5-7/h5-7,11-12,15-18,20H,3-4,8-10,13-14H2,1-2H3;2-7H,1H2;2-5H,1H2. The smallest absolute Gasteiger partial charge is 0.0986 e. The normalized spacial score (nSPS) is 11.7. The lowest BCUT2D eigenvalue weighted by Crippen LogP contribution is -2.08. The quantitative estimate of drug-likeness (QED) is 0.196. The van der Waals surface area contributed by atoms with E-state index >= 15 is 0 Å². The van der Waals surface area contributed by atoms with Crippen molar-refractivity contribution in [2.45, 2.75) is 70.8 Å². The fourth-order valence-electron chi connectivity index (χ4n) is 4.38. The average Bonchev–Trinajstić information content (AvgIpc) is 3.69. The third-order valence-corrected chi connectivity index (χ3v) is 6.34. The van der Waals surface area contributed by atoms with Crippen molar-refractivity contribution in [1.82, 2.24) is 19.1 Å². The molecule has 0 saturated heterocycles. The molecule has 2 heterocycles. The van der Waals surface area contributed by atoms with E-state index in [1.165, 1.54) is 56.1 Å². The predicted octanol–water partition coefficient (Wildman–Crippen LogP) is 9.29. The third kappa shape index (κ3) is 11.7. The fraction of sp³-hybridized carbons (Fsp3) is 0.333. The zero-order valence-electron chi connectivity index (χ0n) is 22.7. The molecule has 2 unspecified atom stereocenters. The van der Waals surface area contributed by atoms with Gasteiger partial charge in [0.25, 0.3) is 0 Å². The van der Waals surface area contributed by atoms with Crippen LogP contribution < -0.4 is 0 Å². The highest BCUT2D eigenvalue weighted by molar-refractivity contribution is 5.45. The van der Waals surface area contributed by atoms with Crippen molar-refractivity contribution in [3.8, 4) is 0 Å². The summed E-state index contributed by atoms with van der Waals surface area (Å²) in [6.07, 6.45) is 23.6. The van der Waals surface area contributed by atoms with Crippen molar-refractivity contribution in [2.75, 3.05) is 0 Å². The summed E-state index contributed by atoms with van der Waals surface area (Å²) in [4.78, 5) is 7.99. The molecule has 196 valence electrons. The number of rotatable bonds is 12. The third-order valence-electron chi connectivity index (χ3n) is 6.34. The highest BCUT2D eigenvalue weighted by Gasteiger charge is 2.13. The number of aromatic nitrogens is 4. The first-order chi connectivity index (χ1) is 18.2. The second kappa shape index (κ2) is 18.6. The Balaban J connectivity index is 0.000000259. The lowest BCUT2D eigenvalue weighted by atomic mass is 9.88. The van der Waals surface area contributed by atoms with Gasteiger partial charge in [0.2, 0.25) is 0 Å². The number of imidazole rings is 2. The Kier molecular flexibility index (Phi) is 14.9. The first-order valence-electron chi connectivity index (χ1n) is 13.5. The van der Waals surface area contributed by atoms with Crippen molar-refractivity contribution >= 4 is 12.3 Å². The summed E-state index contributed by atoms with van der Waals surface area (Å²) >= 11 is 0. The zero-order valence-corrected chi connectivity index (χ0v) is 22.7. The van der Waals surface area contributed by atoms with Gasteiger partial charge in [-0.2, -0.15) is 0 Å². The molecule has 0 bridgehead atoms. The molecule has 0 aliphatic heterocycles. The van der Waals surface area contributed by atoms with E-state index in [9.17, 15) is 0 Å². The molecule has 37 heavy (non-hydrogen) atoms. The molecule has 4 heteroatoms. The van der Waals surface area contributed by atoms with Crippen LogP contribution in [0, 0.1) is 0 Å². The molecule has 0 aliphatic carbocycles. The number of nitrogens with zero attached hydrogens (tertiary/aromatic N) is 4. The van der Waals surface area contributed by atoms with Gasteiger partial charge in [0.1, 0.15) is 0 Å². The minimum atomic E-state index is 0.616. The molecular weight excluding hydrogens is 452 g/mol. The molecule has 2 aromatic carbocycles. The summed E-state index contributed by atoms with van der Waals surface area (Å²) in [5.74, 6) is 0.719. The van der Waals surface area contributed by atoms with Crippen molar-refractivity contribution in [3.63, 3.8) is 0 Å². The predicted molar refractivity (Wildman–Crippen MR) is 159 cm³/mol. The summed E-state index contributed by atoms with van der Waals surface area (Å²) in [5.41, 5.74) is 2.69. The number of hydrogen-bond acceptors (Lipinski definition) is 2. The van der Waals surface area contributed by atoms with Crippen molar-refractivity contribution in [3.05, 3.63) is 122 Å². The number of hydrogen-bond donors (Lipinski definition) is 0. The fourth-order valence-corrected chi connectivity index (χ4v) is 4.38. The van der Waals surface area contributed by atoms with E-state index in [1.54, 1.807) is 23.3 Å². The molecule has 4 rings (SSSR count). The molecule has 0 aliphatic rings. The van der Waals surface area contributed by atoms with E-state index in [0.29, 0.717) is 6.04 Å². The monoisotopic (exact) mass is 496 g/mol. The molecule has 0 fully saturated rings. The second-order valence-corrected chi connectivity index (χ2v) is 9.09. The van der Waals surface area contributed by atoms with Gasteiger partial charge < -0.3 is 9.13 Å². The summed E-state index contributed by atoms with van der Waals surface area (Å²) in [7, 11) is 0. The van der Waals surface area contributed by atoms with Gasteiger partial charge in [-0.25, -0.2) is 9.97 Å². The van der Waals surface area contributed by atoms with Crippen LogP contribution in [-0.2, 0) is 0 Å². The van der Waals surface area contributed by atoms with Crippen LogP contribution in [0.2, 0.25) is 0 Å². The molecular formula is C33H44N4. The maximum absolute atomic E-state index is 4.21. The van der Waals surface area contributed by atoms with Crippen molar-refractivity contribution in [2.24, 2.45) is 0 Å². The average molecular weight is 497 g/mol. The van der Waals surface area contributed by atoms with Crippen LogP contribution >= 0.6 is 0 Å². The zero-order chi connectivity index (χ0) is 26.6. The van der Waals surface area contributed by atoms with Gasteiger partial charge in [-0.15, -0.1) is 0 Å².